The van der Waals surface area contributed by atoms with Crippen molar-refractivity contribution in [2.45, 2.75) is 40.7 Å². The molecule has 1 unspecified atom stereocenters. The van der Waals surface area contributed by atoms with Gasteiger partial charge < -0.3 is 10.6 Å². The number of thiocarbonyl (C=S) groups is 1. The second kappa shape index (κ2) is 6.93. The normalized spacial score (nSPS) is 11.9. The van der Waals surface area contributed by atoms with Gasteiger partial charge in [-0.15, -0.1) is 0 Å². The molecule has 2 rings (SSSR count). The summed E-state index contributed by atoms with van der Waals surface area (Å²) in [5.74, 6) is 0. The fraction of sp³-hybridized carbons (Fsp3) is 0.316. The summed E-state index contributed by atoms with van der Waals surface area (Å²) in [4.78, 5) is 0. The molecule has 2 N–H and O–H groups in total. The van der Waals surface area contributed by atoms with E-state index in [2.05, 4.69) is 81.7 Å². The number of rotatable bonds is 3. The minimum absolute atomic E-state index is 0.171. The Hall–Kier alpha value is -1.87. The van der Waals surface area contributed by atoms with Crippen LogP contribution in [0.3, 0.4) is 0 Å². The molecular weight excluding hydrogens is 288 g/mol. The molecule has 0 saturated carbocycles. The van der Waals surface area contributed by atoms with Crippen molar-refractivity contribution in [2.75, 3.05) is 5.32 Å². The quantitative estimate of drug-likeness (QED) is 0.783. The monoisotopic (exact) mass is 312 g/mol. The van der Waals surface area contributed by atoms with Gasteiger partial charge in [0.05, 0.1) is 6.04 Å². The van der Waals surface area contributed by atoms with Crippen molar-refractivity contribution in [1.82, 2.24) is 5.32 Å². The Morgan fingerprint density at radius 2 is 1.55 bits per heavy atom. The second-order valence-corrected chi connectivity index (χ2v) is 6.45. The molecule has 0 fully saturated rings. The molecule has 0 amide bonds. The third-order valence-electron chi connectivity index (χ3n) is 3.86. The average Bonchev–Trinajstić information content (AvgIpc) is 2.40. The van der Waals surface area contributed by atoms with Crippen LogP contribution in [0.15, 0.2) is 36.4 Å². The topological polar surface area (TPSA) is 24.1 Å². The lowest BCUT2D eigenvalue weighted by molar-refractivity contribution is 0.721. The minimum atomic E-state index is 0.171. The maximum atomic E-state index is 5.44. The van der Waals surface area contributed by atoms with Crippen LogP contribution in [0.25, 0.3) is 0 Å². The minimum Gasteiger partial charge on any atom is -0.356 e. The molecule has 0 spiro atoms. The molecule has 22 heavy (non-hydrogen) atoms. The Morgan fingerprint density at radius 1 is 0.909 bits per heavy atom. The van der Waals surface area contributed by atoms with Gasteiger partial charge in [0.2, 0.25) is 0 Å². The van der Waals surface area contributed by atoms with Crippen molar-refractivity contribution in [3.63, 3.8) is 0 Å². The predicted octanol–water partition coefficient (Wildman–Crippen LogP) is 4.97. The van der Waals surface area contributed by atoms with E-state index in [9.17, 15) is 0 Å². The SMILES string of the molecule is Cc1cc(C)cc(NC(=S)NC(C)c2ccc(C)c(C)c2)c1. The molecule has 1 atom stereocenters. The highest BCUT2D eigenvalue weighted by Gasteiger charge is 2.08. The summed E-state index contributed by atoms with van der Waals surface area (Å²) in [6.45, 7) is 10.6. The van der Waals surface area contributed by atoms with Gasteiger partial charge in [0.1, 0.15) is 0 Å². The van der Waals surface area contributed by atoms with Crippen molar-refractivity contribution in [1.29, 1.82) is 0 Å². The Labute approximate surface area is 139 Å². The molecule has 3 heteroatoms. The number of hydrogen-bond donors (Lipinski definition) is 2. The summed E-state index contributed by atoms with van der Waals surface area (Å²) in [7, 11) is 0. The predicted molar refractivity (Wildman–Crippen MR) is 99.6 cm³/mol. The third kappa shape index (κ3) is 4.31. The van der Waals surface area contributed by atoms with E-state index in [1.807, 2.05) is 0 Å². The van der Waals surface area contributed by atoms with E-state index in [0.29, 0.717) is 5.11 Å². The molecule has 2 aromatic carbocycles. The van der Waals surface area contributed by atoms with Crippen LogP contribution in [0.5, 0.6) is 0 Å². The lowest BCUT2D eigenvalue weighted by Gasteiger charge is -2.18. The van der Waals surface area contributed by atoms with Gasteiger partial charge in [-0.25, -0.2) is 0 Å². The molecule has 0 aliphatic rings. The van der Waals surface area contributed by atoms with Crippen LogP contribution < -0.4 is 10.6 Å². The van der Waals surface area contributed by atoms with Crippen LogP contribution in [0.4, 0.5) is 5.69 Å². The first kappa shape index (κ1) is 16.5. The van der Waals surface area contributed by atoms with Crippen LogP contribution >= 0.6 is 12.2 Å². The fourth-order valence-corrected chi connectivity index (χ4v) is 2.82. The van der Waals surface area contributed by atoms with Crippen molar-refractivity contribution in [2.24, 2.45) is 0 Å². The maximum Gasteiger partial charge on any atom is 0.171 e. The first-order valence-corrected chi connectivity index (χ1v) is 7.99. The van der Waals surface area contributed by atoms with E-state index < -0.39 is 0 Å². The van der Waals surface area contributed by atoms with E-state index in [1.54, 1.807) is 0 Å². The third-order valence-corrected chi connectivity index (χ3v) is 4.08. The molecule has 0 aliphatic heterocycles. The van der Waals surface area contributed by atoms with Crippen molar-refractivity contribution in [3.05, 3.63) is 64.2 Å². The van der Waals surface area contributed by atoms with Crippen LogP contribution in [0, 0.1) is 27.7 Å². The zero-order valence-electron chi connectivity index (χ0n) is 13.9. The highest BCUT2D eigenvalue weighted by atomic mass is 32.1. The molecule has 0 saturated heterocycles. The molecule has 116 valence electrons. The lowest BCUT2D eigenvalue weighted by atomic mass is 10.0. The summed E-state index contributed by atoms with van der Waals surface area (Å²) in [6.07, 6.45) is 0. The summed E-state index contributed by atoms with van der Waals surface area (Å²) < 4.78 is 0. The first-order valence-electron chi connectivity index (χ1n) is 7.58. The van der Waals surface area contributed by atoms with Gasteiger partial charge in [0.15, 0.2) is 5.11 Å². The highest BCUT2D eigenvalue weighted by molar-refractivity contribution is 7.80. The average molecular weight is 312 g/mol. The highest BCUT2D eigenvalue weighted by Crippen LogP contribution is 2.18. The Morgan fingerprint density at radius 3 is 2.14 bits per heavy atom. The molecule has 0 bridgehead atoms. The van der Waals surface area contributed by atoms with E-state index in [0.717, 1.165) is 5.69 Å². The van der Waals surface area contributed by atoms with Crippen LogP contribution in [0.1, 0.15) is 40.8 Å². The summed E-state index contributed by atoms with van der Waals surface area (Å²) in [5.41, 5.74) is 7.35. The van der Waals surface area contributed by atoms with Gasteiger partial charge in [-0.3, -0.25) is 0 Å². The van der Waals surface area contributed by atoms with E-state index in [4.69, 9.17) is 12.2 Å². The van der Waals surface area contributed by atoms with Crippen LogP contribution in [-0.4, -0.2) is 5.11 Å². The van der Waals surface area contributed by atoms with Crippen LogP contribution in [0.2, 0.25) is 0 Å². The Kier molecular flexibility index (Phi) is 5.19. The molecule has 2 nitrogen and oxygen atoms in total. The second-order valence-electron chi connectivity index (χ2n) is 6.04. The van der Waals surface area contributed by atoms with E-state index in [-0.39, 0.29) is 6.04 Å². The molecule has 0 heterocycles. The summed E-state index contributed by atoms with van der Waals surface area (Å²) >= 11 is 5.44. The zero-order chi connectivity index (χ0) is 16.3. The molecule has 0 aromatic heterocycles. The number of hydrogen-bond acceptors (Lipinski definition) is 1. The van der Waals surface area contributed by atoms with Gasteiger partial charge in [0, 0.05) is 5.69 Å². The Balaban J connectivity index is 2.03. The fourth-order valence-electron chi connectivity index (χ4n) is 2.53. The number of benzene rings is 2. The molecule has 0 radical (unpaired) electrons. The first-order chi connectivity index (χ1) is 10.3. The standard InChI is InChI=1S/C19H24N2S/c1-12-8-13(2)10-18(9-12)21-19(22)20-16(5)17-7-6-14(3)15(4)11-17/h6-11,16H,1-5H3,(H2,20,21,22). The van der Waals surface area contributed by atoms with Gasteiger partial charge in [-0.05, 0) is 86.8 Å². The summed E-state index contributed by atoms with van der Waals surface area (Å²) in [6, 6.07) is 13.0. The van der Waals surface area contributed by atoms with Gasteiger partial charge in [-0.1, -0.05) is 24.3 Å². The number of aryl methyl sites for hydroxylation is 4. The maximum absolute atomic E-state index is 5.44. The number of nitrogens with one attached hydrogen (secondary N) is 2. The van der Waals surface area contributed by atoms with Gasteiger partial charge in [0.25, 0.3) is 0 Å². The van der Waals surface area contributed by atoms with Crippen LogP contribution in [-0.2, 0) is 0 Å². The zero-order valence-corrected chi connectivity index (χ0v) is 14.8. The van der Waals surface area contributed by atoms with Crippen molar-refractivity contribution < 1.29 is 0 Å². The summed E-state index contributed by atoms with van der Waals surface area (Å²) in [5, 5.41) is 7.27. The largest absolute Gasteiger partial charge is 0.356 e. The van der Waals surface area contributed by atoms with Gasteiger partial charge in [-0.2, -0.15) is 0 Å². The molecule has 0 aliphatic carbocycles. The van der Waals surface area contributed by atoms with Crippen molar-refractivity contribution in [3.8, 4) is 0 Å². The smallest absolute Gasteiger partial charge is 0.171 e. The van der Waals surface area contributed by atoms with E-state index >= 15 is 0 Å². The lowest BCUT2D eigenvalue weighted by Crippen LogP contribution is -2.31. The van der Waals surface area contributed by atoms with E-state index in [1.165, 1.54) is 27.8 Å². The Bertz CT molecular complexity index is 672. The van der Waals surface area contributed by atoms with Gasteiger partial charge >= 0.3 is 0 Å². The molecular formula is C19H24N2S. The number of anilines is 1. The van der Waals surface area contributed by atoms with Crippen molar-refractivity contribution >= 4 is 23.0 Å². The molecule has 2 aromatic rings.